The zero-order valence-corrected chi connectivity index (χ0v) is 31.9. The van der Waals surface area contributed by atoms with Gasteiger partial charge < -0.3 is 4.42 Å². The smallest absolute Gasteiger partial charge is 0.164 e. The van der Waals surface area contributed by atoms with E-state index in [4.69, 9.17) is 19.4 Å². The lowest BCUT2D eigenvalue weighted by Gasteiger charge is -2.10. The first-order valence-corrected chi connectivity index (χ1v) is 20.6. The standard InChI is InChI=1S/C51H29N3OS2/c1-3-12-30(13-4-1)49-52-50(31-14-5-2-6-15-31)54-51(53-49)33-23-25-37-36-24-22-32(28-44(36)56-45(37)29-33)34-26-27-38(47-46(34)41-17-7-9-20-42(41)55-47)40-19-11-18-39-35-16-8-10-21-43(35)57-48(39)40/h1-29H. The molecule has 0 aliphatic carbocycles. The van der Waals surface area contributed by atoms with Gasteiger partial charge >= 0.3 is 0 Å². The van der Waals surface area contributed by atoms with Crippen LogP contribution >= 0.6 is 22.7 Å². The molecule has 57 heavy (non-hydrogen) atoms. The highest BCUT2D eigenvalue weighted by Gasteiger charge is 2.21. The van der Waals surface area contributed by atoms with Crippen LogP contribution in [0, 0.1) is 0 Å². The number of hydrogen-bond donors (Lipinski definition) is 0. The molecule has 0 atom stereocenters. The molecule has 8 aromatic carbocycles. The van der Waals surface area contributed by atoms with Crippen LogP contribution in [0.4, 0.5) is 0 Å². The number of aromatic nitrogens is 3. The van der Waals surface area contributed by atoms with E-state index in [9.17, 15) is 0 Å². The summed E-state index contributed by atoms with van der Waals surface area (Å²) in [6.07, 6.45) is 0. The van der Waals surface area contributed by atoms with Gasteiger partial charge in [-0.1, -0.05) is 146 Å². The van der Waals surface area contributed by atoms with E-state index in [1.807, 2.05) is 72.0 Å². The first-order chi connectivity index (χ1) is 28.2. The van der Waals surface area contributed by atoms with Gasteiger partial charge in [-0.3, -0.25) is 0 Å². The maximum Gasteiger partial charge on any atom is 0.164 e. The van der Waals surface area contributed by atoms with Gasteiger partial charge in [0, 0.05) is 78.9 Å². The Bertz CT molecular complexity index is 3470. The molecule has 0 fully saturated rings. The number of benzene rings is 8. The van der Waals surface area contributed by atoms with E-state index in [1.165, 1.54) is 45.9 Å². The van der Waals surface area contributed by atoms with Crippen LogP contribution in [0.2, 0.25) is 0 Å². The van der Waals surface area contributed by atoms with Crippen LogP contribution in [0.15, 0.2) is 180 Å². The van der Waals surface area contributed by atoms with E-state index in [-0.39, 0.29) is 0 Å². The zero-order chi connectivity index (χ0) is 37.5. The minimum Gasteiger partial charge on any atom is -0.455 e. The lowest BCUT2D eigenvalue weighted by Crippen LogP contribution is -1.99. The van der Waals surface area contributed by atoms with Crippen molar-refractivity contribution >= 4 is 85.0 Å². The highest BCUT2D eigenvalue weighted by molar-refractivity contribution is 7.26. The number of fused-ring (bicyclic) bond motifs is 9. The molecule has 6 heteroatoms. The first kappa shape index (κ1) is 32.3. The minimum absolute atomic E-state index is 0.656. The number of thiophene rings is 2. The topological polar surface area (TPSA) is 51.8 Å². The third-order valence-corrected chi connectivity index (χ3v) is 13.3. The molecule has 12 aromatic rings. The van der Waals surface area contributed by atoms with Gasteiger partial charge in [-0.25, -0.2) is 15.0 Å². The van der Waals surface area contributed by atoms with Crippen LogP contribution in [0.3, 0.4) is 0 Å². The van der Waals surface area contributed by atoms with Crippen LogP contribution in [-0.2, 0) is 0 Å². The van der Waals surface area contributed by atoms with Crippen molar-refractivity contribution in [1.82, 2.24) is 15.0 Å². The third-order valence-electron chi connectivity index (χ3n) is 11.0. The normalized spacial score (nSPS) is 11.9. The molecule has 0 saturated heterocycles. The van der Waals surface area contributed by atoms with Crippen molar-refractivity contribution in [3.8, 4) is 56.4 Å². The summed E-state index contributed by atoms with van der Waals surface area (Å²) < 4.78 is 11.8. The van der Waals surface area contributed by atoms with E-state index in [2.05, 4.69) is 115 Å². The lowest BCUT2D eigenvalue weighted by atomic mass is 9.94. The molecule has 4 aromatic heterocycles. The average molecular weight is 764 g/mol. The molecule has 4 heterocycles. The summed E-state index contributed by atoms with van der Waals surface area (Å²) >= 11 is 3.65. The summed E-state index contributed by atoms with van der Waals surface area (Å²) in [6, 6.07) is 62.0. The first-order valence-electron chi connectivity index (χ1n) is 18.9. The highest BCUT2D eigenvalue weighted by atomic mass is 32.1. The molecule has 0 bridgehead atoms. The molecule has 0 saturated carbocycles. The quantitative estimate of drug-likeness (QED) is 0.175. The molecule has 12 rings (SSSR count). The Hall–Kier alpha value is -6.99. The molecule has 0 N–H and O–H groups in total. The molecule has 4 nitrogen and oxygen atoms in total. The van der Waals surface area contributed by atoms with E-state index in [0.717, 1.165) is 55.3 Å². The maximum atomic E-state index is 6.78. The summed E-state index contributed by atoms with van der Waals surface area (Å²) in [4.78, 5) is 14.9. The summed E-state index contributed by atoms with van der Waals surface area (Å²) in [5.74, 6) is 1.97. The predicted molar refractivity (Wildman–Crippen MR) is 240 cm³/mol. The molecule has 0 unspecified atom stereocenters. The zero-order valence-electron chi connectivity index (χ0n) is 30.3. The Morgan fingerprint density at radius 3 is 1.65 bits per heavy atom. The number of hydrogen-bond acceptors (Lipinski definition) is 6. The van der Waals surface area contributed by atoms with Gasteiger partial charge in [0.1, 0.15) is 11.2 Å². The second-order valence-electron chi connectivity index (χ2n) is 14.3. The van der Waals surface area contributed by atoms with Crippen LogP contribution in [-0.4, -0.2) is 15.0 Å². The lowest BCUT2D eigenvalue weighted by molar-refractivity contribution is 0.670. The van der Waals surface area contributed by atoms with Crippen molar-refractivity contribution in [3.05, 3.63) is 176 Å². The number of rotatable bonds is 5. The predicted octanol–water partition coefficient (Wildman–Crippen LogP) is 14.8. The average Bonchev–Trinajstić information content (AvgIpc) is 3.98. The molecule has 0 amide bonds. The van der Waals surface area contributed by atoms with Crippen molar-refractivity contribution in [3.63, 3.8) is 0 Å². The van der Waals surface area contributed by atoms with Gasteiger partial charge in [0.2, 0.25) is 0 Å². The molecule has 0 radical (unpaired) electrons. The van der Waals surface area contributed by atoms with Gasteiger partial charge in [0.05, 0.1) is 0 Å². The highest BCUT2D eigenvalue weighted by Crippen LogP contribution is 2.47. The van der Waals surface area contributed by atoms with E-state index < -0.39 is 0 Å². The Balaban J connectivity index is 0.999. The number of para-hydroxylation sites is 1. The molecule has 0 spiro atoms. The Kier molecular flexibility index (Phi) is 7.24. The van der Waals surface area contributed by atoms with E-state index in [1.54, 1.807) is 11.3 Å². The summed E-state index contributed by atoms with van der Waals surface area (Å²) in [5, 5.41) is 7.29. The SMILES string of the molecule is c1ccc(-c2nc(-c3ccccc3)nc(-c3ccc4c(c3)sc3cc(-c5ccc(-c6cccc7c6sc6ccccc67)c6oc7ccccc7c56)ccc34)n2)cc1. The number of furan rings is 1. The van der Waals surface area contributed by atoms with E-state index >= 15 is 0 Å². The van der Waals surface area contributed by atoms with Gasteiger partial charge in [0.25, 0.3) is 0 Å². The maximum absolute atomic E-state index is 6.78. The van der Waals surface area contributed by atoms with Gasteiger partial charge in [0.15, 0.2) is 17.5 Å². The fourth-order valence-electron chi connectivity index (χ4n) is 8.26. The van der Waals surface area contributed by atoms with Crippen LogP contribution in [0.25, 0.3) is 119 Å². The largest absolute Gasteiger partial charge is 0.455 e. The van der Waals surface area contributed by atoms with Gasteiger partial charge in [-0.15, -0.1) is 22.7 Å². The monoisotopic (exact) mass is 763 g/mol. The van der Waals surface area contributed by atoms with Crippen molar-refractivity contribution in [1.29, 1.82) is 0 Å². The molecule has 0 aliphatic rings. The molecule has 266 valence electrons. The summed E-state index contributed by atoms with van der Waals surface area (Å²) in [7, 11) is 0. The minimum atomic E-state index is 0.656. The van der Waals surface area contributed by atoms with Crippen molar-refractivity contribution in [2.24, 2.45) is 0 Å². The fraction of sp³-hybridized carbons (Fsp3) is 0. The van der Waals surface area contributed by atoms with Gasteiger partial charge in [-0.05, 0) is 41.5 Å². The van der Waals surface area contributed by atoms with Crippen molar-refractivity contribution in [2.75, 3.05) is 0 Å². The van der Waals surface area contributed by atoms with Crippen LogP contribution < -0.4 is 0 Å². The number of nitrogens with zero attached hydrogens (tertiary/aromatic N) is 3. The van der Waals surface area contributed by atoms with Crippen molar-refractivity contribution in [2.45, 2.75) is 0 Å². The Morgan fingerprint density at radius 1 is 0.351 bits per heavy atom. The summed E-state index contributed by atoms with van der Waals surface area (Å²) in [5.41, 5.74) is 9.32. The van der Waals surface area contributed by atoms with E-state index in [0.29, 0.717) is 17.5 Å². The van der Waals surface area contributed by atoms with Crippen molar-refractivity contribution < 1.29 is 4.42 Å². The third kappa shape index (κ3) is 5.22. The summed E-state index contributed by atoms with van der Waals surface area (Å²) in [6.45, 7) is 0. The second kappa shape index (κ2) is 12.8. The van der Waals surface area contributed by atoms with Gasteiger partial charge in [-0.2, -0.15) is 0 Å². The fourth-order valence-corrected chi connectivity index (χ4v) is 10.7. The molecular formula is C51H29N3OS2. The van der Waals surface area contributed by atoms with Crippen LogP contribution in [0.1, 0.15) is 0 Å². The molecule has 0 aliphatic heterocycles. The molecular weight excluding hydrogens is 735 g/mol. The Morgan fingerprint density at radius 2 is 0.912 bits per heavy atom. The second-order valence-corrected chi connectivity index (χ2v) is 16.4. The Labute approximate surface area is 335 Å². The van der Waals surface area contributed by atoms with Crippen LogP contribution in [0.5, 0.6) is 0 Å².